The van der Waals surface area contributed by atoms with Gasteiger partial charge in [0, 0.05) is 37.9 Å². The fourth-order valence-electron chi connectivity index (χ4n) is 9.01. The van der Waals surface area contributed by atoms with Crippen LogP contribution in [-0.4, -0.2) is 95.9 Å². The number of alkyl halides is 1. The molecule has 0 N–H and O–H groups in total. The highest BCUT2D eigenvalue weighted by Crippen LogP contribution is 2.73. The van der Waals surface area contributed by atoms with Crippen molar-refractivity contribution >= 4 is 20.7 Å². The van der Waals surface area contributed by atoms with Crippen molar-refractivity contribution in [3.8, 4) is 17.6 Å². The summed E-state index contributed by atoms with van der Waals surface area (Å²) in [6, 6.07) is 27.5. The van der Waals surface area contributed by atoms with Gasteiger partial charge in [-0.1, -0.05) is 54.6 Å². The number of aryl methyl sites for hydroxylation is 1. The molecule has 1 aromatic heterocycles. The number of aliphatic imine (C=N–C) groups is 1. The predicted octanol–water partition coefficient (Wildman–Crippen LogP) is 8.23. The van der Waals surface area contributed by atoms with Gasteiger partial charge in [0.1, 0.15) is 34.4 Å². The summed E-state index contributed by atoms with van der Waals surface area (Å²) in [5.41, 5.74) is -1.68. The highest BCUT2D eigenvalue weighted by atomic mass is 31.2. The lowest BCUT2D eigenvalue weighted by Crippen LogP contribution is -2.52. The van der Waals surface area contributed by atoms with Crippen molar-refractivity contribution in [3.05, 3.63) is 118 Å². The summed E-state index contributed by atoms with van der Waals surface area (Å²) in [4.78, 5) is 24.3. The fourth-order valence-corrected chi connectivity index (χ4v) is 10.9. The topological polar surface area (TPSA) is 133 Å². The second kappa shape index (κ2) is 17.9. The Bertz CT molecular complexity index is 2220. The molecule has 3 aliphatic rings. The van der Waals surface area contributed by atoms with E-state index in [9.17, 15) is 10.1 Å². The maximum Gasteiger partial charge on any atom is 0.351 e. The summed E-state index contributed by atoms with van der Waals surface area (Å²) >= 11 is 0. The summed E-state index contributed by atoms with van der Waals surface area (Å²) in [5.74, 6) is 1.38. The van der Waals surface area contributed by atoms with E-state index in [1.54, 1.807) is 38.6 Å². The maximum atomic E-state index is 18.2. The lowest BCUT2D eigenvalue weighted by Gasteiger charge is -2.44. The molecule has 13 nitrogen and oxygen atoms in total. The molecule has 0 amide bonds. The van der Waals surface area contributed by atoms with Gasteiger partial charge in [-0.25, -0.2) is 18.8 Å². The summed E-state index contributed by atoms with van der Waals surface area (Å²) in [6.45, 7) is 9.99. The van der Waals surface area contributed by atoms with E-state index in [1.165, 1.54) is 4.57 Å². The first kappa shape index (κ1) is 44.3. The molecule has 3 fully saturated rings. The molecule has 7 rings (SSSR count). The summed E-state index contributed by atoms with van der Waals surface area (Å²) in [6.07, 6.45) is -0.310. The number of aromatic nitrogens is 2. The Labute approximate surface area is 359 Å². The van der Waals surface area contributed by atoms with E-state index in [1.807, 2.05) is 121 Å². The van der Waals surface area contributed by atoms with E-state index in [4.69, 9.17) is 28.0 Å². The molecule has 324 valence electrons. The largest absolute Gasteiger partial charge is 0.497 e. The number of hydrogen-bond donors (Lipinski definition) is 0. The van der Waals surface area contributed by atoms with E-state index in [2.05, 4.69) is 20.7 Å². The minimum atomic E-state index is -1.96. The molecular formula is C46H56FN6O7P. The van der Waals surface area contributed by atoms with Gasteiger partial charge in [0.15, 0.2) is 18.2 Å². The molecular weight excluding hydrogens is 799 g/mol. The SMILES string of the molecule is COc1ccc(C(O[C@]23C[C@H]2C[C@@]2(O[P@@](OCCC#N)N(C(C)C)C(C)C)[C@@H]3O[C@@H](n3cc(C)c(N=CN(C)C)nc3=O)[C@@H]2F)(c2ccccc2)c2ccc(OC)cc2)cc1. The van der Waals surface area contributed by atoms with Crippen molar-refractivity contribution in [3.63, 3.8) is 0 Å². The van der Waals surface area contributed by atoms with E-state index in [-0.39, 0.29) is 43.3 Å². The van der Waals surface area contributed by atoms with Gasteiger partial charge in [-0.2, -0.15) is 10.2 Å². The van der Waals surface area contributed by atoms with Gasteiger partial charge in [-0.05, 0) is 94.3 Å². The molecule has 0 unspecified atom stereocenters. The molecule has 15 heteroatoms. The van der Waals surface area contributed by atoms with Crippen molar-refractivity contribution in [1.29, 1.82) is 5.26 Å². The fraction of sp³-hybridized carbons (Fsp3) is 0.478. The number of nitriles is 1. The molecule has 3 aromatic carbocycles. The highest BCUT2D eigenvalue weighted by molar-refractivity contribution is 7.44. The molecule has 0 bridgehead atoms. The normalized spacial score (nSPS) is 24.9. The second-order valence-corrected chi connectivity index (χ2v) is 18.1. The first-order valence-electron chi connectivity index (χ1n) is 20.7. The Morgan fingerprint density at radius 3 is 2.08 bits per heavy atom. The van der Waals surface area contributed by atoms with E-state index in [0.29, 0.717) is 23.5 Å². The second-order valence-electron chi connectivity index (χ2n) is 16.7. The number of rotatable bonds is 18. The van der Waals surface area contributed by atoms with Gasteiger partial charge in [0.25, 0.3) is 8.53 Å². The van der Waals surface area contributed by atoms with Crippen LogP contribution in [0, 0.1) is 24.2 Å². The van der Waals surface area contributed by atoms with Crippen LogP contribution in [0.4, 0.5) is 10.2 Å². The van der Waals surface area contributed by atoms with Crippen LogP contribution in [0.15, 0.2) is 94.8 Å². The zero-order valence-corrected chi connectivity index (χ0v) is 37.2. The number of fused-ring (bicyclic) bond motifs is 3. The van der Waals surface area contributed by atoms with Crippen molar-refractivity contribution in [1.82, 2.24) is 19.1 Å². The zero-order valence-electron chi connectivity index (χ0n) is 36.3. The van der Waals surface area contributed by atoms with Crippen molar-refractivity contribution in [2.45, 2.75) is 101 Å². The lowest BCUT2D eigenvalue weighted by atomic mass is 9.79. The third-order valence-electron chi connectivity index (χ3n) is 11.8. The van der Waals surface area contributed by atoms with E-state index in [0.717, 1.165) is 16.7 Å². The van der Waals surface area contributed by atoms with E-state index >= 15 is 4.39 Å². The molecule has 2 aliphatic carbocycles. The van der Waals surface area contributed by atoms with Gasteiger partial charge >= 0.3 is 5.69 Å². The maximum absolute atomic E-state index is 18.2. The molecule has 7 atom stereocenters. The Hall–Kier alpha value is -4.74. The molecule has 1 aliphatic heterocycles. The number of hydrogen-bond acceptors (Lipinski definition) is 11. The zero-order chi connectivity index (χ0) is 43.7. The van der Waals surface area contributed by atoms with Crippen LogP contribution in [0.25, 0.3) is 0 Å². The van der Waals surface area contributed by atoms with Crippen LogP contribution in [-0.2, 0) is 24.1 Å². The van der Waals surface area contributed by atoms with Gasteiger partial charge in [-0.15, -0.1) is 0 Å². The smallest absolute Gasteiger partial charge is 0.351 e. The van der Waals surface area contributed by atoms with Gasteiger partial charge in [0.05, 0.1) is 39.7 Å². The third-order valence-corrected chi connectivity index (χ3v) is 14.0. The quantitative estimate of drug-likeness (QED) is 0.0315. The molecule has 4 aromatic rings. The summed E-state index contributed by atoms with van der Waals surface area (Å²) in [5, 5.41) is 9.49. The average Bonchev–Trinajstić information content (AvgIpc) is 3.75. The highest BCUT2D eigenvalue weighted by Gasteiger charge is 2.82. The van der Waals surface area contributed by atoms with Crippen LogP contribution in [0.5, 0.6) is 11.5 Å². The number of benzene rings is 3. The van der Waals surface area contributed by atoms with E-state index < -0.39 is 49.5 Å². The standard InChI is InChI=1S/C46H56FN6O7P/c1-30(2)53(31(3)4)61(57-25-13-24-48)60-45-27-36-26-44(36,42(45)58-41(39(45)47)52-28-32(5)40(50-43(52)54)49-29-51(6)7)59-46(33-14-11-10-12-15-33,34-16-20-37(55-8)21-17-34)35-18-22-38(56-9)23-19-35/h10-12,14-23,28-31,36,39,41-42H,13,25-27H2,1-9H3/t36-,39-,41+,42+,44+,45-,61+/m0/s1. The van der Waals surface area contributed by atoms with Crippen LogP contribution in [0.3, 0.4) is 0 Å². The number of halogens is 1. The minimum Gasteiger partial charge on any atom is -0.497 e. The van der Waals surface area contributed by atoms with Gasteiger partial charge in [0.2, 0.25) is 0 Å². The van der Waals surface area contributed by atoms with Crippen molar-refractivity contribution < 1.29 is 32.4 Å². The first-order chi connectivity index (χ1) is 29.2. The Morgan fingerprint density at radius 2 is 1.54 bits per heavy atom. The summed E-state index contributed by atoms with van der Waals surface area (Å²) in [7, 11) is 4.92. The first-order valence-corrected chi connectivity index (χ1v) is 21.8. The lowest BCUT2D eigenvalue weighted by molar-refractivity contribution is -0.162. The monoisotopic (exact) mass is 854 g/mol. The van der Waals surface area contributed by atoms with Crippen molar-refractivity contribution in [2.75, 3.05) is 34.9 Å². The van der Waals surface area contributed by atoms with Crippen LogP contribution in [0.1, 0.15) is 75.4 Å². The van der Waals surface area contributed by atoms with Gasteiger partial charge in [-0.3, -0.25) is 4.57 Å². The Balaban J connectivity index is 1.41. The van der Waals surface area contributed by atoms with Crippen molar-refractivity contribution in [2.24, 2.45) is 10.9 Å². The predicted molar refractivity (Wildman–Crippen MR) is 232 cm³/mol. The Morgan fingerprint density at radius 1 is 0.967 bits per heavy atom. The van der Waals surface area contributed by atoms with Crippen LogP contribution >= 0.6 is 8.53 Å². The summed E-state index contributed by atoms with van der Waals surface area (Å²) < 4.78 is 61.1. The molecule has 2 heterocycles. The number of methoxy groups -OCH3 is 2. The molecule has 61 heavy (non-hydrogen) atoms. The van der Waals surface area contributed by atoms with Crippen LogP contribution < -0.4 is 15.2 Å². The third kappa shape index (κ3) is 8.20. The molecule has 2 saturated carbocycles. The van der Waals surface area contributed by atoms with Crippen LogP contribution in [0.2, 0.25) is 0 Å². The molecule has 0 radical (unpaired) electrons. The minimum absolute atomic E-state index is 0.0546. The number of ether oxygens (including phenoxy) is 4. The average molecular weight is 855 g/mol. The number of nitrogens with zero attached hydrogens (tertiary/aromatic N) is 6. The molecule has 0 spiro atoms. The van der Waals surface area contributed by atoms with Gasteiger partial charge < -0.3 is 32.9 Å². The Kier molecular flexibility index (Phi) is 13.0. The molecule has 1 saturated heterocycles.